The first-order valence-corrected chi connectivity index (χ1v) is 9.28. The van der Waals surface area contributed by atoms with Crippen LogP contribution in [-0.2, 0) is 0 Å². The van der Waals surface area contributed by atoms with E-state index in [1.807, 2.05) is 36.4 Å². The van der Waals surface area contributed by atoms with Crippen LogP contribution < -0.4 is 4.74 Å². The van der Waals surface area contributed by atoms with Gasteiger partial charge in [0.25, 0.3) is 0 Å². The molecule has 0 heterocycles. The summed E-state index contributed by atoms with van der Waals surface area (Å²) in [5.41, 5.74) is 2.12. The molecule has 0 aliphatic carbocycles. The number of benzene rings is 2. The van der Waals surface area contributed by atoms with Gasteiger partial charge >= 0.3 is 5.97 Å². The summed E-state index contributed by atoms with van der Waals surface area (Å²) in [7, 11) is 0. The number of rotatable bonds is 11. The summed E-state index contributed by atoms with van der Waals surface area (Å²) in [5, 5.41) is 9.48. The summed E-state index contributed by atoms with van der Waals surface area (Å²) >= 11 is 0. The molecule has 0 bridgehead atoms. The molecule has 2 aromatic carbocycles. The van der Waals surface area contributed by atoms with Gasteiger partial charge in [-0.2, -0.15) is 0 Å². The summed E-state index contributed by atoms with van der Waals surface area (Å²) < 4.78 is 5.74. The smallest absolute Gasteiger partial charge is 0.339 e. The second kappa shape index (κ2) is 10.5. The molecule has 0 fully saturated rings. The molecule has 0 spiro atoms. The molecule has 25 heavy (non-hydrogen) atoms. The Hall–Kier alpha value is -2.29. The zero-order valence-electron chi connectivity index (χ0n) is 15.0. The number of aromatic carboxylic acids is 1. The van der Waals surface area contributed by atoms with Crippen molar-refractivity contribution in [1.82, 2.24) is 0 Å². The zero-order chi connectivity index (χ0) is 17.9. The normalized spacial score (nSPS) is 10.6. The highest BCUT2D eigenvalue weighted by Crippen LogP contribution is 2.27. The first-order valence-electron chi connectivity index (χ1n) is 9.28. The van der Waals surface area contributed by atoms with Gasteiger partial charge in [-0.3, -0.25) is 0 Å². The van der Waals surface area contributed by atoms with Crippen molar-refractivity contribution in [2.24, 2.45) is 0 Å². The van der Waals surface area contributed by atoms with Crippen molar-refractivity contribution in [2.75, 3.05) is 6.61 Å². The highest BCUT2D eigenvalue weighted by atomic mass is 16.5. The highest BCUT2D eigenvalue weighted by Gasteiger charge is 2.13. The van der Waals surface area contributed by atoms with Gasteiger partial charge in [-0.25, -0.2) is 4.79 Å². The van der Waals surface area contributed by atoms with Crippen molar-refractivity contribution in [3.05, 3.63) is 54.1 Å². The van der Waals surface area contributed by atoms with Crippen LogP contribution in [0.4, 0.5) is 0 Å². The van der Waals surface area contributed by atoms with Crippen LogP contribution in [0.1, 0.15) is 62.2 Å². The van der Waals surface area contributed by atoms with Crippen LogP contribution in [0.2, 0.25) is 0 Å². The van der Waals surface area contributed by atoms with Crippen LogP contribution >= 0.6 is 0 Å². The second-order valence-electron chi connectivity index (χ2n) is 6.35. The SMILES string of the molecule is CCCCCCCCCOc1ccc(-c2ccccc2)cc1C(=O)O. The van der Waals surface area contributed by atoms with Gasteiger partial charge in [0.05, 0.1) is 6.61 Å². The highest BCUT2D eigenvalue weighted by molar-refractivity contribution is 5.92. The molecule has 0 aromatic heterocycles. The molecule has 134 valence electrons. The minimum absolute atomic E-state index is 0.226. The molecule has 0 aliphatic heterocycles. The van der Waals surface area contributed by atoms with Crippen molar-refractivity contribution in [3.8, 4) is 16.9 Å². The summed E-state index contributed by atoms with van der Waals surface area (Å²) in [6, 6.07) is 15.2. The van der Waals surface area contributed by atoms with Crippen molar-refractivity contribution < 1.29 is 14.6 Å². The van der Waals surface area contributed by atoms with Gasteiger partial charge in [-0.1, -0.05) is 81.8 Å². The molecule has 0 saturated heterocycles. The standard InChI is InChI=1S/C22H28O3/c1-2-3-4-5-6-7-11-16-25-21-15-14-19(17-20(21)22(23)24)18-12-9-8-10-13-18/h8-10,12-15,17H,2-7,11,16H2,1H3,(H,23,24). The average molecular weight is 340 g/mol. The van der Waals surface area contributed by atoms with Crippen molar-refractivity contribution in [3.63, 3.8) is 0 Å². The number of carboxylic acid groups (broad SMARTS) is 1. The van der Waals surface area contributed by atoms with Crippen LogP contribution in [0.15, 0.2) is 48.5 Å². The lowest BCUT2D eigenvalue weighted by atomic mass is 10.0. The van der Waals surface area contributed by atoms with Gasteiger partial charge < -0.3 is 9.84 Å². The topological polar surface area (TPSA) is 46.5 Å². The van der Waals surface area contributed by atoms with E-state index in [9.17, 15) is 9.90 Å². The maximum atomic E-state index is 11.6. The molecule has 3 nitrogen and oxygen atoms in total. The lowest BCUT2D eigenvalue weighted by Gasteiger charge is -2.11. The van der Waals surface area contributed by atoms with E-state index in [0.717, 1.165) is 24.0 Å². The van der Waals surface area contributed by atoms with Crippen LogP contribution in [-0.4, -0.2) is 17.7 Å². The number of hydrogen-bond donors (Lipinski definition) is 1. The fourth-order valence-electron chi connectivity index (χ4n) is 2.87. The van der Waals surface area contributed by atoms with Crippen molar-refractivity contribution >= 4 is 5.97 Å². The Bertz CT molecular complexity index is 650. The molecule has 0 radical (unpaired) electrons. The fourth-order valence-corrected chi connectivity index (χ4v) is 2.87. The average Bonchev–Trinajstić information content (AvgIpc) is 2.64. The number of ether oxygens (including phenoxy) is 1. The van der Waals surface area contributed by atoms with Crippen molar-refractivity contribution in [1.29, 1.82) is 0 Å². The van der Waals surface area contributed by atoms with E-state index in [1.54, 1.807) is 12.1 Å². The Morgan fingerprint density at radius 3 is 2.24 bits per heavy atom. The third-order valence-electron chi connectivity index (χ3n) is 4.32. The molecular weight excluding hydrogens is 312 g/mol. The quantitative estimate of drug-likeness (QED) is 0.497. The Morgan fingerprint density at radius 1 is 0.880 bits per heavy atom. The van der Waals surface area contributed by atoms with E-state index in [4.69, 9.17) is 4.74 Å². The van der Waals surface area contributed by atoms with Crippen LogP contribution in [0.3, 0.4) is 0 Å². The summed E-state index contributed by atoms with van der Waals surface area (Å²) in [6.45, 7) is 2.79. The van der Waals surface area contributed by atoms with Crippen molar-refractivity contribution in [2.45, 2.75) is 51.9 Å². The molecule has 0 atom stereocenters. The number of hydrogen-bond acceptors (Lipinski definition) is 2. The van der Waals surface area contributed by atoms with Crippen LogP contribution in [0, 0.1) is 0 Å². The maximum Gasteiger partial charge on any atom is 0.339 e. The first-order chi connectivity index (χ1) is 12.2. The molecular formula is C22H28O3. The monoisotopic (exact) mass is 340 g/mol. The van der Waals surface area contributed by atoms with E-state index < -0.39 is 5.97 Å². The molecule has 2 aromatic rings. The second-order valence-corrected chi connectivity index (χ2v) is 6.35. The summed E-state index contributed by atoms with van der Waals surface area (Å²) in [5.74, 6) is -0.495. The van der Waals surface area contributed by atoms with E-state index in [2.05, 4.69) is 6.92 Å². The van der Waals surface area contributed by atoms with E-state index in [0.29, 0.717) is 12.4 Å². The molecule has 0 saturated carbocycles. The lowest BCUT2D eigenvalue weighted by Crippen LogP contribution is -2.05. The van der Waals surface area contributed by atoms with Gasteiger partial charge in [0.2, 0.25) is 0 Å². The van der Waals surface area contributed by atoms with Gasteiger partial charge in [0, 0.05) is 0 Å². The fraction of sp³-hybridized carbons (Fsp3) is 0.409. The third-order valence-corrected chi connectivity index (χ3v) is 4.32. The van der Waals surface area contributed by atoms with E-state index in [1.165, 1.54) is 32.1 Å². The largest absolute Gasteiger partial charge is 0.493 e. The molecule has 0 amide bonds. The molecule has 2 rings (SSSR count). The zero-order valence-corrected chi connectivity index (χ0v) is 15.0. The Kier molecular flexibility index (Phi) is 8.03. The van der Waals surface area contributed by atoms with Gasteiger partial charge in [0.1, 0.15) is 11.3 Å². The third kappa shape index (κ3) is 6.26. The maximum absolute atomic E-state index is 11.6. The predicted molar refractivity (Wildman–Crippen MR) is 102 cm³/mol. The van der Waals surface area contributed by atoms with Gasteiger partial charge in [0.15, 0.2) is 0 Å². The van der Waals surface area contributed by atoms with Gasteiger partial charge in [-0.05, 0) is 29.7 Å². The first kappa shape index (κ1) is 19.0. The molecule has 1 N–H and O–H groups in total. The summed E-state index contributed by atoms with van der Waals surface area (Å²) in [6.07, 6.45) is 8.48. The minimum atomic E-state index is -0.952. The Balaban J connectivity index is 1.89. The van der Waals surface area contributed by atoms with Gasteiger partial charge in [-0.15, -0.1) is 0 Å². The van der Waals surface area contributed by atoms with Crippen LogP contribution in [0.25, 0.3) is 11.1 Å². The Morgan fingerprint density at radius 2 is 1.56 bits per heavy atom. The Labute approximate surface area is 150 Å². The number of carboxylic acids is 1. The molecule has 0 unspecified atom stereocenters. The number of carbonyl (C=O) groups is 1. The van der Waals surface area contributed by atoms with E-state index in [-0.39, 0.29) is 5.56 Å². The van der Waals surface area contributed by atoms with Crippen LogP contribution in [0.5, 0.6) is 5.75 Å². The lowest BCUT2D eigenvalue weighted by molar-refractivity contribution is 0.0692. The molecule has 3 heteroatoms. The number of unbranched alkanes of at least 4 members (excludes halogenated alkanes) is 6. The molecule has 0 aliphatic rings. The minimum Gasteiger partial charge on any atom is -0.493 e. The predicted octanol–water partition coefficient (Wildman–Crippen LogP) is 6.18. The van der Waals surface area contributed by atoms with E-state index >= 15 is 0 Å². The summed E-state index contributed by atoms with van der Waals surface area (Å²) in [4.78, 5) is 11.6.